The summed E-state index contributed by atoms with van der Waals surface area (Å²) >= 11 is 1.57. The molecule has 0 saturated heterocycles. The predicted molar refractivity (Wildman–Crippen MR) is 82.1 cm³/mol. The SMILES string of the molecule is CSCCC(NC(=O)NC1CCCC(C)(C)C1)C(=O)O. The molecule has 116 valence electrons. The first kappa shape index (κ1) is 17.1. The van der Waals surface area contributed by atoms with Crippen molar-refractivity contribution in [3.8, 4) is 0 Å². The van der Waals surface area contributed by atoms with Gasteiger partial charge in [0.25, 0.3) is 0 Å². The number of thioether (sulfide) groups is 1. The third-order valence-corrected chi connectivity index (χ3v) is 4.40. The van der Waals surface area contributed by atoms with Gasteiger partial charge in [0.1, 0.15) is 6.04 Å². The summed E-state index contributed by atoms with van der Waals surface area (Å²) in [7, 11) is 0. The molecule has 1 aliphatic carbocycles. The summed E-state index contributed by atoms with van der Waals surface area (Å²) in [5.41, 5.74) is 0.251. The molecule has 2 unspecified atom stereocenters. The first-order valence-corrected chi connectivity index (χ1v) is 8.52. The highest BCUT2D eigenvalue weighted by Gasteiger charge is 2.29. The highest BCUT2D eigenvalue weighted by atomic mass is 32.2. The normalized spacial score (nSPS) is 22.9. The zero-order valence-electron chi connectivity index (χ0n) is 12.6. The second-order valence-corrected chi connectivity index (χ2v) is 7.23. The molecular weight excluding hydrogens is 276 g/mol. The standard InChI is InChI=1S/C14H26N2O3S/c1-14(2)7-4-5-10(9-14)15-13(19)16-11(12(17)18)6-8-20-3/h10-11H,4-9H2,1-3H3,(H,17,18)(H2,15,16,19). The van der Waals surface area contributed by atoms with Crippen LogP contribution >= 0.6 is 11.8 Å². The first-order chi connectivity index (χ1) is 9.34. The molecule has 5 nitrogen and oxygen atoms in total. The van der Waals surface area contributed by atoms with E-state index < -0.39 is 12.0 Å². The highest BCUT2D eigenvalue weighted by molar-refractivity contribution is 7.98. The molecule has 0 aromatic rings. The van der Waals surface area contributed by atoms with Crippen LogP contribution in [0.3, 0.4) is 0 Å². The number of carbonyl (C=O) groups is 2. The molecule has 0 aromatic heterocycles. The van der Waals surface area contributed by atoms with Gasteiger partial charge in [-0.3, -0.25) is 0 Å². The molecule has 1 rings (SSSR count). The molecular formula is C14H26N2O3S. The quantitative estimate of drug-likeness (QED) is 0.704. The van der Waals surface area contributed by atoms with Crippen LogP contribution in [-0.4, -0.2) is 41.2 Å². The van der Waals surface area contributed by atoms with Gasteiger partial charge in [-0.25, -0.2) is 9.59 Å². The minimum absolute atomic E-state index is 0.147. The Hall–Kier alpha value is -0.910. The number of amides is 2. The number of carboxylic acids is 1. The van der Waals surface area contributed by atoms with Gasteiger partial charge in [-0.1, -0.05) is 20.3 Å². The van der Waals surface area contributed by atoms with Crippen LogP contribution in [0.25, 0.3) is 0 Å². The van der Waals surface area contributed by atoms with E-state index in [0.717, 1.165) is 19.3 Å². The highest BCUT2D eigenvalue weighted by Crippen LogP contribution is 2.34. The number of hydrogen-bond acceptors (Lipinski definition) is 3. The predicted octanol–water partition coefficient (Wildman–Crippen LogP) is 2.46. The molecule has 0 aromatic carbocycles. The van der Waals surface area contributed by atoms with Gasteiger partial charge in [-0.05, 0) is 43.1 Å². The van der Waals surface area contributed by atoms with Crippen molar-refractivity contribution in [3.05, 3.63) is 0 Å². The van der Waals surface area contributed by atoms with Crippen LogP contribution in [0, 0.1) is 5.41 Å². The second kappa shape index (κ2) is 7.76. The largest absolute Gasteiger partial charge is 0.480 e. The number of hydrogen-bond donors (Lipinski definition) is 3. The fraction of sp³-hybridized carbons (Fsp3) is 0.857. The van der Waals surface area contributed by atoms with E-state index in [2.05, 4.69) is 24.5 Å². The molecule has 6 heteroatoms. The van der Waals surface area contributed by atoms with Crippen molar-refractivity contribution in [2.75, 3.05) is 12.0 Å². The van der Waals surface area contributed by atoms with Crippen LogP contribution in [0.5, 0.6) is 0 Å². The summed E-state index contributed by atoms with van der Waals surface area (Å²) in [6.07, 6.45) is 6.57. The Morgan fingerprint density at radius 1 is 1.45 bits per heavy atom. The van der Waals surface area contributed by atoms with Gasteiger partial charge < -0.3 is 15.7 Å². The molecule has 3 N–H and O–H groups in total. The van der Waals surface area contributed by atoms with Crippen molar-refractivity contribution in [2.24, 2.45) is 5.41 Å². The number of aliphatic carboxylic acids is 1. The Balaban J connectivity index is 2.43. The minimum atomic E-state index is -0.974. The fourth-order valence-electron chi connectivity index (χ4n) is 2.70. The van der Waals surface area contributed by atoms with Crippen LogP contribution in [0.1, 0.15) is 46.0 Å². The lowest BCUT2D eigenvalue weighted by atomic mass is 9.75. The molecule has 20 heavy (non-hydrogen) atoms. The van der Waals surface area contributed by atoms with Crippen LogP contribution in [0.2, 0.25) is 0 Å². The molecule has 0 spiro atoms. The summed E-state index contributed by atoms with van der Waals surface area (Å²) < 4.78 is 0. The second-order valence-electron chi connectivity index (χ2n) is 6.25. The summed E-state index contributed by atoms with van der Waals surface area (Å²) in [6.45, 7) is 4.41. The summed E-state index contributed by atoms with van der Waals surface area (Å²) in [6, 6.07) is -1.02. The Labute approximate surface area is 125 Å². The van der Waals surface area contributed by atoms with Gasteiger partial charge in [-0.2, -0.15) is 11.8 Å². The van der Waals surface area contributed by atoms with Gasteiger partial charge in [0.2, 0.25) is 0 Å². The number of carboxylic acid groups (broad SMARTS) is 1. The number of rotatable bonds is 6. The topological polar surface area (TPSA) is 78.4 Å². The van der Waals surface area contributed by atoms with Crippen molar-refractivity contribution in [2.45, 2.75) is 58.0 Å². The van der Waals surface area contributed by atoms with Crippen LogP contribution in [0.4, 0.5) is 4.79 Å². The molecule has 2 atom stereocenters. The maximum atomic E-state index is 11.9. The van der Waals surface area contributed by atoms with E-state index in [4.69, 9.17) is 5.11 Å². The molecule has 0 aliphatic heterocycles. The fourth-order valence-corrected chi connectivity index (χ4v) is 3.17. The summed E-state index contributed by atoms with van der Waals surface area (Å²) in [5.74, 6) is -0.258. The zero-order valence-corrected chi connectivity index (χ0v) is 13.4. The molecule has 0 bridgehead atoms. The number of carbonyl (C=O) groups excluding carboxylic acids is 1. The van der Waals surface area contributed by atoms with Crippen molar-refractivity contribution >= 4 is 23.8 Å². The third-order valence-electron chi connectivity index (χ3n) is 3.75. The molecule has 1 aliphatic rings. The lowest BCUT2D eigenvalue weighted by molar-refractivity contribution is -0.139. The van der Waals surface area contributed by atoms with Crippen molar-refractivity contribution in [3.63, 3.8) is 0 Å². The Morgan fingerprint density at radius 2 is 2.15 bits per heavy atom. The lowest BCUT2D eigenvalue weighted by Crippen LogP contribution is -2.50. The monoisotopic (exact) mass is 302 g/mol. The van der Waals surface area contributed by atoms with Crippen molar-refractivity contribution in [1.29, 1.82) is 0 Å². The van der Waals surface area contributed by atoms with E-state index in [1.165, 1.54) is 6.42 Å². The van der Waals surface area contributed by atoms with E-state index in [1.807, 2.05) is 6.26 Å². The van der Waals surface area contributed by atoms with Gasteiger partial charge in [0.15, 0.2) is 0 Å². The number of urea groups is 1. The smallest absolute Gasteiger partial charge is 0.326 e. The minimum Gasteiger partial charge on any atom is -0.480 e. The molecule has 1 saturated carbocycles. The van der Waals surface area contributed by atoms with Gasteiger partial charge in [0, 0.05) is 6.04 Å². The summed E-state index contributed by atoms with van der Waals surface area (Å²) in [4.78, 5) is 23.0. The maximum Gasteiger partial charge on any atom is 0.326 e. The molecule has 0 heterocycles. The van der Waals surface area contributed by atoms with Crippen molar-refractivity contribution in [1.82, 2.24) is 10.6 Å². The molecule has 1 fully saturated rings. The zero-order chi connectivity index (χ0) is 15.2. The Morgan fingerprint density at radius 3 is 2.70 bits per heavy atom. The first-order valence-electron chi connectivity index (χ1n) is 7.13. The average Bonchev–Trinajstić information content (AvgIpc) is 2.32. The van der Waals surface area contributed by atoms with Gasteiger partial charge in [0.05, 0.1) is 0 Å². The Kier molecular flexibility index (Phi) is 6.65. The molecule has 0 radical (unpaired) electrons. The average molecular weight is 302 g/mol. The Bertz CT molecular complexity index is 347. The van der Waals surface area contributed by atoms with Crippen LogP contribution in [-0.2, 0) is 4.79 Å². The number of nitrogens with one attached hydrogen (secondary N) is 2. The molecule has 2 amide bonds. The van der Waals surface area contributed by atoms with Gasteiger partial charge >= 0.3 is 12.0 Å². The van der Waals surface area contributed by atoms with E-state index in [-0.39, 0.29) is 17.5 Å². The van der Waals surface area contributed by atoms with E-state index in [1.54, 1.807) is 11.8 Å². The van der Waals surface area contributed by atoms with Gasteiger partial charge in [-0.15, -0.1) is 0 Å². The third kappa shape index (κ3) is 6.03. The van der Waals surface area contributed by atoms with E-state index >= 15 is 0 Å². The lowest BCUT2D eigenvalue weighted by Gasteiger charge is -2.35. The van der Waals surface area contributed by atoms with Crippen LogP contribution < -0.4 is 10.6 Å². The van der Waals surface area contributed by atoms with Crippen molar-refractivity contribution < 1.29 is 14.7 Å². The van der Waals surface area contributed by atoms with Crippen LogP contribution in [0.15, 0.2) is 0 Å². The maximum absolute atomic E-state index is 11.9. The summed E-state index contributed by atoms with van der Waals surface area (Å²) in [5, 5.41) is 14.6. The van der Waals surface area contributed by atoms with E-state index in [0.29, 0.717) is 12.2 Å². The van der Waals surface area contributed by atoms with E-state index in [9.17, 15) is 9.59 Å².